The van der Waals surface area contributed by atoms with Crippen LogP contribution in [-0.2, 0) is 4.74 Å². The molecule has 6 rings (SSSR count). The monoisotopic (exact) mass is 530 g/mol. The van der Waals surface area contributed by atoms with Crippen molar-refractivity contribution in [3.63, 3.8) is 0 Å². The van der Waals surface area contributed by atoms with E-state index in [9.17, 15) is 0 Å². The molecule has 2 fully saturated rings. The highest BCUT2D eigenvalue weighted by Crippen LogP contribution is 2.43. The van der Waals surface area contributed by atoms with E-state index in [1.54, 1.807) is 6.20 Å². The number of thiocarbonyl (C=S) groups is 1. The molecule has 2 aliphatic rings. The van der Waals surface area contributed by atoms with E-state index in [1.165, 1.54) is 5.69 Å². The van der Waals surface area contributed by atoms with Crippen molar-refractivity contribution in [2.45, 2.75) is 19.0 Å². The van der Waals surface area contributed by atoms with Crippen LogP contribution >= 0.6 is 23.8 Å². The molecule has 4 aromatic rings. The Balaban J connectivity index is 1.38. The van der Waals surface area contributed by atoms with Crippen LogP contribution in [0.4, 0.5) is 11.4 Å². The first-order chi connectivity index (χ1) is 18.1. The van der Waals surface area contributed by atoms with Crippen LogP contribution in [0.15, 0.2) is 83.4 Å². The maximum atomic E-state index is 6.51. The number of anilines is 2. The molecule has 2 saturated heterocycles. The van der Waals surface area contributed by atoms with Gasteiger partial charge in [0.15, 0.2) is 5.11 Å². The van der Waals surface area contributed by atoms with E-state index in [-0.39, 0.29) is 12.1 Å². The molecule has 0 radical (unpaired) electrons. The summed E-state index contributed by atoms with van der Waals surface area (Å²) < 4.78 is 12.0. The fourth-order valence-corrected chi connectivity index (χ4v) is 5.60. The minimum atomic E-state index is -0.218. The van der Waals surface area contributed by atoms with E-state index in [0.717, 1.165) is 60.3 Å². The van der Waals surface area contributed by atoms with E-state index in [1.807, 2.05) is 48.5 Å². The SMILES string of the molecule is Cc1ccc(Cl)cc1-c1ccc([C@H]2[C@@H](c3ccccn3)NC(=S)N2c2ccc(N3CCOCC3)cc2)o1. The second-order valence-electron chi connectivity index (χ2n) is 9.27. The van der Waals surface area contributed by atoms with E-state index in [0.29, 0.717) is 10.1 Å². The van der Waals surface area contributed by atoms with E-state index >= 15 is 0 Å². The van der Waals surface area contributed by atoms with Gasteiger partial charge in [-0.25, -0.2) is 0 Å². The lowest BCUT2D eigenvalue weighted by Gasteiger charge is -2.30. The first-order valence-corrected chi connectivity index (χ1v) is 13.2. The van der Waals surface area contributed by atoms with Gasteiger partial charge in [-0.2, -0.15) is 0 Å². The Hall–Kier alpha value is -3.39. The molecule has 0 aliphatic carbocycles. The molecule has 0 saturated carbocycles. The van der Waals surface area contributed by atoms with Gasteiger partial charge in [0.2, 0.25) is 0 Å². The molecule has 0 amide bonds. The van der Waals surface area contributed by atoms with Crippen LogP contribution in [0.2, 0.25) is 5.02 Å². The first kappa shape index (κ1) is 24.0. The first-order valence-electron chi connectivity index (χ1n) is 12.4. The van der Waals surface area contributed by atoms with Gasteiger partial charge in [0.05, 0.1) is 24.9 Å². The summed E-state index contributed by atoms with van der Waals surface area (Å²) in [7, 11) is 0. The number of rotatable bonds is 5. The summed E-state index contributed by atoms with van der Waals surface area (Å²) in [6.07, 6.45) is 1.81. The average molecular weight is 531 g/mol. The zero-order valence-corrected chi connectivity index (χ0v) is 22.0. The summed E-state index contributed by atoms with van der Waals surface area (Å²) in [6.45, 7) is 5.35. The van der Waals surface area contributed by atoms with Crippen LogP contribution < -0.4 is 15.1 Å². The summed E-state index contributed by atoms with van der Waals surface area (Å²) in [5, 5.41) is 4.81. The van der Waals surface area contributed by atoms with Crippen LogP contribution in [0.25, 0.3) is 11.3 Å². The van der Waals surface area contributed by atoms with Gasteiger partial charge in [-0.1, -0.05) is 23.7 Å². The maximum absolute atomic E-state index is 6.51. The molecular formula is C29H27ClN4O2S. The fourth-order valence-electron chi connectivity index (χ4n) is 5.08. The number of aryl methyl sites for hydroxylation is 1. The fraction of sp³-hybridized carbons (Fsp3) is 0.241. The number of hydrogen-bond acceptors (Lipinski definition) is 5. The maximum Gasteiger partial charge on any atom is 0.174 e. The summed E-state index contributed by atoms with van der Waals surface area (Å²) >= 11 is 12.2. The second-order valence-corrected chi connectivity index (χ2v) is 10.1. The van der Waals surface area contributed by atoms with Crippen molar-refractivity contribution in [3.8, 4) is 11.3 Å². The predicted molar refractivity (Wildman–Crippen MR) is 151 cm³/mol. The van der Waals surface area contributed by atoms with Gasteiger partial charge in [-0.15, -0.1) is 0 Å². The molecule has 4 heterocycles. The number of nitrogens with zero attached hydrogens (tertiary/aromatic N) is 3. The zero-order valence-electron chi connectivity index (χ0n) is 20.4. The van der Waals surface area contributed by atoms with Crippen molar-refractivity contribution >= 4 is 40.3 Å². The molecule has 6 nitrogen and oxygen atoms in total. The number of hydrogen-bond donors (Lipinski definition) is 1. The smallest absolute Gasteiger partial charge is 0.174 e. The molecule has 2 aromatic carbocycles. The van der Waals surface area contributed by atoms with E-state index < -0.39 is 0 Å². The van der Waals surface area contributed by atoms with Crippen LogP contribution in [0.5, 0.6) is 0 Å². The van der Waals surface area contributed by atoms with Gasteiger partial charge in [0, 0.05) is 41.2 Å². The molecule has 2 aliphatic heterocycles. The van der Waals surface area contributed by atoms with Gasteiger partial charge in [0.1, 0.15) is 17.6 Å². The largest absolute Gasteiger partial charge is 0.459 e. The molecule has 2 aromatic heterocycles. The second kappa shape index (κ2) is 10.2. The predicted octanol–water partition coefficient (Wildman–Crippen LogP) is 6.32. The number of aromatic nitrogens is 1. The van der Waals surface area contributed by atoms with Crippen molar-refractivity contribution in [3.05, 3.63) is 101 Å². The topological polar surface area (TPSA) is 53.8 Å². The summed E-state index contributed by atoms with van der Waals surface area (Å²) in [5.41, 5.74) is 5.15. The molecule has 1 N–H and O–H groups in total. The minimum Gasteiger partial charge on any atom is -0.459 e. The van der Waals surface area contributed by atoms with Gasteiger partial charge in [0.25, 0.3) is 0 Å². The highest BCUT2D eigenvalue weighted by molar-refractivity contribution is 7.80. The van der Waals surface area contributed by atoms with Crippen molar-refractivity contribution < 1.29 is 9.15 Å². The van der Waals surface area contributed by atoms with E-state index in [4.69, 9.17) is 33.0 Å². The standard InChI is InChI=1S/C29H27ClN4O2S/c1-19-5-6-20(30)18-23(19)25-11-12-26(36-25)28-27(24-4-2-3-13-31-24)32-29(37)34(28)22-9-7-21(8-10-22)33-14-16-35-17-15-33/h2-13,18,27-28H,14-17H2,1H3,(H,32,37)/t27-,28+/m1/s1. The number of halogens is 1. The third kappa shape index (κ3) is 4.70. The van der Waals surface area contributed by atoms with Gasteiger partial charge in [-0.05, 0) is 85.4 Å². The lowest BCUT2D eigenvalue weighted by molar-refractivity contribution is 0.122. The normalized spacial score (nSPS) is 19.8. The molecular weight excluding hydrogens is 504 g/mol. The lowest BCUT2D eigenvalue weighted by Crippen LogP contribution is -2.36. The quantitative estimate of drug-likeness (QED) is 0.303. The van der Waals surface area contributed by atoms with Crippen molar-refractivity contribution in [2.75, 3.05) is 36.1 Å². The van der Waals surface area contributed by atoms with Gasteiger partial charge < -0.3 is 24.3 Å². The number of pyridine rings is 1. The average Bonchev–Trinajstić information content (AvgIpc) is 3.56. The Bertz CT molecular complexity index is 1400. The number of morpholine rings is 1. The van der Waals surface area contributed by atoms with Crippen molar-refractivity contribution in [2.24, 2.45) is 0 Å². The number of furan rings is 1. The Kier molecular flexibility index (Phi) is 6.59. The van der Waals surface area contributed by atoms with Crippen molar-refractivity contribution in [1.29, 1.82) is 0 Å². The minimum absolute atomic E-state index is 0.174. The molecule has 2 atom stereocenters. The molecule has 37 heavy (non-hydrogen) atoms. The Morgan fingerprint density at radius 2 is 1.76 bits per heavy atom. The van der Waals surface area contributed by atoms with Crippen LogP contribution in [-0.4, -0.2) is 36.4 Å². The van der Waals surface area contributed by atoms with Gasteiger partial charge >= 0.3 is 0 Å². The molecule has 0 unspecified atom stereocenters. The Morgan fingerprint density at radius 1 is 0.973 bits per heavy atom. The molecule has 0 bridgehead atoms. The summed E-state index contributed by atoms with van der Waals surface area (Å²) in [5.74, 6) is 1.57. The third-order valence-corrected chi connectivity index (χ3v) is 7.54. The van der Waals surface area contributed by atoms with Crippen molar-refractivity contribution in [1.82, 2.24) is 10.3 Å². The Labute approximate surface area is 226 Å². The van der Waals surface area contributed by atoms with Crippen LogP contribution in [0.1, 0.15) is 29.1 Å². The van der Waals surface area contributed by atoms with E-state index in [2.05, 4.69) is 51.3 Å². The van der Waals surface area contributed by atoms with Crippen LogP contribution in [0, 0.1) is 6.92 Å². The number of nitrogens with one attached hydrogen (secondary N) is 1. The number of benzene rings is 2. The molecule has 188 valence electrons. The zero-order chi connectivity index (χ0) is 25.4. The third-order valence-electron chi connectivity index (χ3n) is 6.99. The van der Waals surface area contributed by atoms with Gasteiger partial charge in [-0.3, -0.25) is 4.98 Å². The Morgan fingerprint density at radius 3 is 2.51 bits per heavy atom. The summed E-state index contributed by atoms with van der Waals surface area (Å²) in [6, 6.07) is 24.0. The molecule has 0 spiro atoms. The highest BCUT2D eigenvalue weighted by Gasteiger charge is 2.42. The van der Waals surface area contributed by atoms with Crippen LogP contribution in [0.3, 0.4) is 0 Å². The lowest BCUT2D eigenvalue weighted by atomic mass is 10.0. The highest BCUT2D eigenvalue weighted by atomic mass is 35.5. The number of ether oxygens (including phenoxy) is 1. The molecule has 8 heteroatoms. The summed E-state index contributed by atoms with van der Waals surface area (Å²) in [4.78, 5) is 9.11.